The van der Waals surface area contributed by atoms with E-state index in [1.165, 1.54) is 13.8 Å². The van der Waals surface area contributed by atoms with Gasteiger partial charge in [0.15, 0.2) is 0 Å². The SMILES string of the molecule is CC(=O)N[C@@H](Cc1ccccc1)C(=O)NC(=N)c1ccc(OCCCN2CCN(CCCOc3ccc(C(=N)NC(=O)[C@H](Cc4ccccc4)NC(C)=O)cc3)CC2)cc1.Cl. The van der Waals surface area contributed by atoms with Crippen LogP contribution in [0.3, 0.4) is 0 Å². The first-order valence-corrected chi connectivity index (χ1v) is 20.3. The van der Waals surface area contributed by atoms with Gasteiger partial charge in [0.05, 0.1) is 13.2 Å². The molecule has 5 rings (SSSR count). The molecular formula is C46H57ClN8O6. The Morgan fingerprint density at radius 1 is 0.557 bits per heavy atom. The van der Waals surface area contributed by atoms with Crippen LogP contribution in [0.2, 0.25) is 0 Å². The van der Waals surface area contributed by atoms with E-state index in [1.807, 2.05) is 60.7 Å². The first-order valence-electron chi connectivity index (χ1n) is 20.3. The number of carbonyl (C=O) groups excluding carboxylic acids is 4. The van der Waals surface area contributed by atoms with E-state index < -0.39 is 23.9 Å². The van der Waals surface area contributed by atoms with Crippen molar-refractivity contribution < 1.29 is 28.7 Å². The van der Waals surface area contributed by atoms with Gasteiger partial charge in [-0.2, -0.15) is 0 Å². The molecule has 4 aromatic rings. The molecular weight excluding hydrogens is 796 g/mol. The third-order valence-electron chi connectivity index (χ3n) is 9.98. The van der Waals surface area contributed by atoms with E-state index in [2.05, 4.69) is 31.1 Å². The van der Waals surface area contributed by atoms with Crippen LogP contribution in [0.5, 0.6) is 11.5 Å². The number of rotatable bonds is 20. The molecule has 0 bridgehead atoms. The van der Waals surface area contributed by atoms with Crippen LogP contribution >= 0.6 is 12.4 Å². The Balaban J connectivity index is 0.00000819. The van der Waals surface area contributed by atoms with Crippen molar-refractivity contribution in [3.05, 3.63) is 131 Å². The molecule has 0 aromatic heterocycles. The molecule has 2 atom stereocenters. The zero-order valence-electron chi connectivity index (χ0n) is 34.8. The largest absolute Gasteiger partial charge is 0.494 e. The molecule has 4 aromatic carbocycles. The number of amidine groups is 2. The van der Waals surface area contributed by atoms with Crippen molar-refractivity contribution in [3.63, 3.8) is 0 Å². The second-order valence-corrected chi connectivity index (χ2v) is 14.8. The van der Waals surface area contributed by atoms with E-state index in [0.29, 0.717) is 48.7 Å². The Morgan fingerprint density at radius 3 is 1.23 bits per heavy atom. The molecule has 0 aliphatic carbocycles. The van der Waals surface area contributed by atoms with Crippen molar-refractivity contribution >= 4 is 47.7 Å². The van der Waals surface area contributed by atoms with Gasteiger partial charge in [0.2, 0.25) is 23.6 Å². The van der Waals surface area contributed by atoms with Crippen LogP contribution < -0.4 is 30.7 Å². The van der Waals surface area contributed by atoms with Crippen LogP contribution in [-0.4, -0.2) is 110 Å². The molecule has 0 spiro atoms. The first kappa shape index (κ1) is 47.6. The number of hydrogen-bond donors (Lipinski definition) is 6. The van der Waals surface area contributed by atoms with Gasteiger partial charge in [0.25, 0.3) is 0 Å². The molecule has 1 aliphatic rings. The number of piperazine rings is 1. The zero-order valence-corrected chi connectivity index (χ0v) is 35.6. The lowest BCUT2D eigenvalue weighted by atomic mass is 10.0. The summed E-state index contributed by atoms with van der Waals surface area (Å²) in [6, 6.07) is 31.3. The van der Waals surface area contributed by atoms with Crippen LogP contribution in [0.4, 0.5) is 0 Å². The first-order chi connectivity index (χ1) is 29.0. The quantitative estimate of drug-likeness (QED) is 0.0430. The van der Waals surface area contributed by atoms with Crippen LogP contribution in [0.1, 0.15) is 48.9 Å². The fourth-order valence-electron chi connectivity index (χ4n) is 6.80. The molecule has 14 nitrogen and oxygen atoms in total. The number of nitrogens with zero attached hydrogens (tertiary/aromatic N) is 2. The number of ether oxygens (including phenoxy) is 2. The van der Waals surface area contributed by atoms with Gasteiger partial charge < -0.3 is 40.5 Å². The van der Waals surface area contributed by atoms with Gasteiger partial charge in [0, 0.05) is 77.1 Å². The Labute approximate surface area is 364 Å². The molecule has 1 fully saturated rings. The van der Waals surface area contributed by atoms with Gasteiger partial charge in [0.1, 0.15) is 35.3 Å². The standard InChI is InChI=1S/C46H56N8O6.ClH/c1-33(55)49-41(31-35-11-5-3-6-12-35)45(57)51-43(47)37-15-19-39(20-16-37)59-29-9-23-53-25-27-54(28-26-53)24-10-30-60-40-21-17-38(18-22-40)44(48)52-46(58)42(50-34(2)56)32-36-13-7-4-8-14-36;/h3-8,11-22,41-42H,9-10,23-32H2,1-2H3,(H,49,55)(H,50,56)(H2,47,51,57)(H2,48,52,58);1H/t41-,42-;/m0./s1. The minimum absolute atomic E-state index is 0. The molecule has 1 heterocycles. The van der Waals surface area contributed by atoms with E-state index >= 15 is 0 Å². The van der Waals surface area contributed by atoms with Crippen molar-refractivity contribution in [2.45, 2.75) is 51.6 Å². The minimum Gasteiger partial charge on any atom is -0.494 e. The Hall–Kier alpha value is -6.09. The van der Waals surface area contributed by atoms with E-state index in [1.54, 1.807) is 48.5 Å². The van der Waals surface area contributed by atoms with Crippen LogP contribution in [0, 0.1) is 10.8 Å². The van der Waals surface area contributed by atoms with Crippen LogP contribution in [0.25, 0.3) is 0 Å². The van der Waals surface area contributed by atoms with Crippen molar-refractivity contribution in [2.75, 3.05) is 52.5 Å². The van der Waals surface area contributed by atoms with Crippen molar-refractivity contribution in [2.24, 2.45) is 0 Å². The van der Waals surface area contributed by atoms with Crippen LogP contribution in [-0.2, 0) is 32.0 Å². The van der Waals surface area contributed by atoms with Gasteiger partial charge in [-0.25, -0.2) is 0 Å². The van der Waals surface area contributed by atoms with E-state index in [0.717, 1.165) is 63.2 Å². The topological polar surface area (TPSA) is 189 Å². The molecule has 61 heavy (non-hydrogen) atoms. The minimum atomic E-state index is -0.800. The maximum absolute atomic E-state index is 12.9. The third kappa shape index (κ3) is 16.5. The van der Waals surface area contributed by atoms with Gasteiger partial charge >= 0.3 is 0 Å². The van der Waals surface area contributed by atoms with Crippen molar-refractivity contribution in [1.82, 2.24) is 31.1 Å². The molecule has 1 saturated heterocycles. The summed E-state index contributed by atoms with van der Waals surface area (Å²) in [6.45, 7) is 9.67. The number of benzene rings is 4. The molecule has 4 amide bonds. The van der Waals surface area contributed by atoms with Crippen molar-refractivity contribution in [3.8, 4) is 11.5 Å². The summed E-state index contributed by atoms with van der Waals surface area (Å²) < 4.78 is 11.9. The number of nitrogens with one attached hydrogen (secondary N) is 6. The molecule has 0 unspecified atom stereocenters. The van der Waals surface area contributed by atoms with E-state index in [9.17, 15) is 19.2 Å². The number of amides is 4. The predicted octanol–water partition coefficient (Wildman–Crippen LogP) is 4.34. The average Bonchev–Trinajstić information content (AvgIpc) is 3.24. The molecule has 0 saturated carbocycles. The Morgan fingerprint density at radius 2 is 0.902 bits per heavy atom. The highest BCUT2D eigenvalue weighted by atomic mass is 35.5. The molecule has 0 radical (unpaired) electrons. The Bertz CT molecular complexity index is 1880. The predicted molar refractivity (Wildman–Crippen MR) is 239 cm³/mol. The highest BCUT2D eigenvalue weighted by Crippen LogP contribution is 2.15. The summed E-state index contributed by atoms with van der Waals surface area (Å²) in [7, 11) is 0. The second-order valence-electron chi connectivity index (χ2n) is 14.8. The van der Waals surface area contributed by atoms with Gasteiger partial charge in [-0.05, 0) is 72.5 Å². The monoisotopic (exact) mass is 852 g/mol. The third-order valence-corrected chi connectivity index (χ3v) is 9.98. The maximum Gasteiger partial charge on any atom is 0.248 e. The lowest BCUT2D eigenvalue weighted by molar-refractivity contribution is -0.127. The lowest BCUT2D eigenvalue weighted by Crippen LogP contribution is -2.49. The molecule has 324 valence electrons. The van der Waals surface area contributed by atoms with Gasteiger partial charge in [-0.15, -0.1) is 12.4 Å². The number of hydrogen-bond acceptors (Lipinski definition) is 10. The van der Waals surface area contributed by atoms with Gasteiger partial charge in [-0.3, -0.25) is 30.0 Å². The number of carbonyl (C=O) groups is 4. The van der Waals surface area contributed by atoms with Crippen molar-refractivity contribution in [1.29, 1.82) is 10.8 Å². The average molecular weight is 853 g/mol. The summed E-state index contributed by atoms with van der Waals surface area (Å²) >= 11 is 0. The summed E-state index contributed by atoms with van der Waals surface area (Å²) in [5.74, 6) is -0.251. The highest BCUT2D eigenvalue weighted by Gasteiger charge is 2.23. The lowest BCUT2D eigenvalue weighted by Gasteiger charge is -2.34. The summed E-state index contributed by atoms with van der Waals surface area (Å²) in [6.07, 6.45) is 2.39. The zero-order chi connectivity index (χ0) is 42.7. The van der Waals surface area contributed by atoms with E-state index in [-0.39, 0.29) is 35.9 Å². The summed E-state index contributed by atoms with van der Waals surface area (Å²) in [4.78, 5) is 54.3. The second kappa shape index (κ2) is 24.9. The summed E-state index contributed by atoms with van der Waals surface area (Å²) in [5.41, 5.74) is 2.88. The molecule has 6 N–H and O–H groups in total. The molecule has 1 aliphatic heterocycles. The fourth-order valence-corrected chi connectivity index (χ4v) is 6.80. The highest BCUT2D eigenvalue weighted by molar-refractivity contribution is 6.09. The number of halogens is 1. The van der Waals surface area contributed by atoms with Gasteiger partial charge in [-0.1, -0.05) is 60.7 Å². The molecule has 15 heteroatoms. The van der Waals surface area contributed by atoms with Crippen LogP contribution in [0.15, 0.2) is 109 Å². The Kier molecular flexibility index (Phi) is 19.4. The fraction of sp³-hybridized carbons (Fsp3) is 0.348. The maximum atomic E-state index is 12.9. The smallest absolute Gasteiger partial charge is 0.248 e. The van der Waals surface area contributed by atoms with E-state index in [4.69, 9.17) is 20.3 Å². The summed E-state index contributed by atoms with van der Waals surface area (Å²) in [5, 5.41) is 27.4. The normalized spacial score (nSPS) is 13.7.